The Hall–Kier alpha value is -3.72. The van der Waals surface area contributed by atoms with Gasteiger partial charge in [0.15, 0.2) is 11.6 Å². The normalized spacial score (nSPS) is 11.0. The highest BCUT2D eigenvalue weighted by Gasteiger charge is 2.14. The van der Waals surface area contributed by atoms with Crippen LogP contribution in [0.15, 0.2) is 48.8 Å². The molecule has 0 saturated carbocycles. The number of carbonyl (C=O) groups is 1. The lowest BCUT2D eigenvalue weighted by molar-refractivity contribution is 0.0995. The quantitative estimate of drug-likeness (QED) is 0.519. The largest absolute Gasteiger partial charge is 0.483 e. The average Bonchev–Trinajstić information content (AvgIpc) is 3.22. The van der Waals surface area contributed by atoms with Crippen LogP contribution >= 0.6 is 11.6 Å². The Morgan fingerprint density at radius 2 is 2.07 bits per heavy atom. The molecule has 0 saturated heterocycles. The molecule has 8 nitrogen and oxygen atoms in total. The van der Waals surface area contributed by atoms with Gasteiger partial charge in [0.2, 0.25) is 0 Å². The van der Waals surface area contributed by atoms with Crippen molar-refractivity contribution < 1.29 is 13.9 Å². The van der Waals surface area contributed by atoms with Crippen LogP contribution in [0.1, 0.15) is 16.2 Å². The molecule has 0 radical (unpaired) electrons. The van der Waals surface area contributed by atoms with Crippen LogP contribution in [0, 0.1) is 5.82 Å². The van der Waals surface area contributed by atoms with E-state index in [-0.39, 0.29) is 28.9 Å². The highest BCUT2D eigenvalue weighted by molar-refractivity contribution is 6.31. The molecule has 0 unspecified atom stereocenters. The number of anilines is 1. The van der Waals surface area contributed by atoms with E-state index >= 15 is 0 Å². The summed E-state index contributed by atoms with van der Waals surface area (Å²) >= 11 is 5.79. The molecular weight excluding hydrogens is 399 g/mol. The highest BCUT2D eigenvalue weighted by atomic mass is 35.5. The number of hydrogen-bond donors (Lipinski definition) is 2. The second-order valence-electron chi connectivity index (χ2n) is 6.10. The van der Waals surface area contributed by atoms with Crippen molar-refractivity contribution in [3.63, 3.8) is 0 Å². The zero-order valence-corrected chi connectivity index (χ0v) is 15.6. The number of pyridine rings is 2. The summed E-state index contributed by atoms with van der Waals surface area (Å²) in [7, 11) is 0. The van der Waals surface area contributed by atoms with Crippen molar-refractivity contribution in [3.05, 3.63) is 71.0 Å². The van der Waals surface area contributed by atoms with Gasteiger partial charge < -0.3 is 16.2 Å². The van der Waals surface area contributed by atoms with E-state index in [0.717, 1.165) is 0 Å². The van der Waals surface area contributed by atoms with Crippen molar-refractivity contribution in [2.24, 2.45) is 5.73 Å². The molecule has 0 fully saturated rings. The summed E-state index contributed by atoms with van der Waals surface area (Å²) in [6, 6.07) is 9.11. The summed E-state index contributed by atoms with van der Waals surface area (Å²) in [5, 5.41) is 4.59. The maximum absolute atomic E-state index is 13.8. The summed E-state index contributed by atoms with van der Waals surface area (Å²) < 4.78 is 21.1. The van der Waals surface area contributed by atoms with Crippen LogP contribution in [0.2, 0.25) is 5.02 Å². The minimum absolute atomic E-state index is 0.0469. The number of ether oxygens (including phenoxy) is 1. The summed E-state index contributed by atoms with van der Waals surface area (Å²) in [5.41, 5.74) is 12.8. The number of carbonyl (C=O) groups excluding carboxylic acids is 1. The van der Waals surface area contributed by atoms with Gasteiger partial charge in [-0.25, -0.2) is 19.0 Å². The Kier molecular flexibility index (Phi) is 4.73. The topological polar surface area (TPSA) is 122 Å². The molecule has 4 N–H and O–H groups in total. The summed E-state index contributed by atoms with van der Waals surface area (Å²) in [4.78, 5) is 20.0. The Bertz CT molecular complexity index is 1230. The molecule has 4 aromatic rings. The maximum atomic E-state index is 13.8. The fourth-order valence-electron chi connectivity index (χ4n) is 2.78. The molecule has 146 valence electrons. The number of benzene rings is 1. The fraction of sp³-hybridized carbons (Fsp3) is 0.0526. The van der Waals surface area contributed by atoms with Gasteiger partial charge in [-0.3, -0.25) is 4.79 Å². The monoisotopic (exact) mass is 412 g/mol. The summed E-state index contributed by atoms with van der Waals surface area (Å²) in [6.07, 6.45) is 3.33. The van der Waals surface area contributed by atoms with Gasteiger partial charge in [-0.15, -0.1) is 0 Å². The van der Waals surface area contributed by atoms with Crippen LogP contribution in [0.25, 0.3) is 16.6 Å². The SMILES string of the molecule is NC(=O)c1ccc(-n2cccn2)c(COc2cc3cc(F)c(Cl)cc3nc2N)n1. The van der Waals surface area contributed by atoms with E-state index in [4.69, 9.17) is 27.8 Å². The average molecular weight is 413 g/mol. The molecule has 1 aromatic carbocycles. The van der Waals surface area contributed by atoms with Gasteiger partial charge in [0.25, 0.3) is 5.91 Å². The third-order valence-electron chi connectivity index (χ3n) is 4.17. The molecule has 3 aromatic heterocycles. The first kappa shape index (κ1) is 18.6. The van der Waals surface area contributed by atoms with Gasteiger partial charge in [0.05, 0.1) is 16.2 Å². The molecule has 0 spiro atoms. The number of primary amides is 1. The zero-order valence-electron chi connectivity index (χ0n) is 14.8. The Morgan fingerprint density at radius 3 is 2.79 bits per heavy atom. The molecule has 0 bridgehead atoms. The number of fused-ring (bicyclic) bond motifs is 1. The van der Waals surface area contributed by atoms with Crippen molar-refractivity contribution in [2.75, 3.05) is 5.73 Å². The summed E-state index contributed by atoms with van der Waals surface area (Å²) in [6.45, 7) is -0.0518. The van der Waals surface area contributed by atoms with E-state index in [2.05, 4.69) is 15.1 Å². The summed E-state index contributed by atoms with van der Waals surface area (Å²) in [5.74, 6) is -0.908. The first-order valence-corrected chi connectivity index (χ1v) is 8.78. The number of nitrogens with two attached hydrogens (primary N) is 2. The van der Waals surface area contributed by atoms with E-state index < -0.39 is 11.7 Å². The van der Waals surface area contributed by atoms with Crippen LogP contribution < -0.4 is 16.2 Å². The van der Waals surface area contributed by atoms with E-state index in [1.165, 1.54) is 18.2 Å². The molecule has 0 aliphatic heterocycles. The Labute approximate surface area is 168 Å². The van der Waals surface area contributed by atoms with Gasteiger partial charge in [-0.2, -0.15) is 5.10 Å². The minimum Gasteiger partial charge on any atom is -0.483 e. The minimum atomic E-state index is -0.669. The smallest absolute Gasteiger partial charge is 0.267 e. The van der Waals surface area contributed by atoms with Gasteiger partial charge in [-0.1, -0.05) is 11.6 Å². The number of hydrogen-bond acceptors (Lipinski definition) is 6. The van der Waals surface area contributed by atoms with Crippen LogP contribution in [-0.4, -0.2) is 25.7 Å². The Balaban J connectivity index is 1.69. The first-order valence-electron chi connectivity index (χ1n) is 8.40. The van der Waals surface area contributed by atoms with Crippen molar-refractivity contribution in [2.45, 2.75) is 6.61 Å². The number of halogens is 2. The second-order valence-corrected chi connectivity index (χ2v) is 6.50. The van der Waals surface area contributed by atoms with Gasteiger partial charge in [-0.05, 0) is 36.4 Å². The number of amides is 1. The van der Waals surface area contributed by atoms with E-state index in [1.807, 2.05) is 0 Å². The molecule has 10 heteroatoms. The van der Waals surface area contributed by atoms with Gasteiger partial charge >= 0.3 is 0 Å². The van der Waals surface area contributed by atoms with Crippen molar-refractivity contribution in [3.8, 4) is 11.4 Å². The number of nitrogen functional groups attached to an aromatic ring is 1. The third kappa shape index (κ3) is 3.67. The zero-order chi connectivity index (χ0) is 20.5. The lowest BCUT2D eigenvalue weighted by atomic mass is 10.2. The van der Waals surface area contributed by atoms with E-state index in [1.54, 1.807) is 35.3 Å². The molecule has 0 aliphatic carbocycles. The highest BCUT2D eigenvalue weighted by Crippen LogP contribution is 2.29. The first-order chi connectivity index (χ1) is 13.9. The molecule has 0 aliphatic rings. The molecule has 29 heavy (non-hydrogen) atoms. The maximum Gasteiger partial charge on any atom is 0.267 e. The lowest BCUT2D eigenvalue weighted by Crippen LogP contribution is -2.16. The van der Waals surface area contributed by atoms with Crippen molar-refractivity contribution in [1.82, 2.24) is 19.7 Å². The second kappa shape index (κ2) is 7.36. The lowest BCUT2D eigenvalue weighted by Gasteiger charge is -2.13. The van der Waals surface area contributed by atoms with Gasteiger partial charge in [0, 0.05) is 17.8 Å². The molecule has 1 amide bonds. The van der Waals surface area contributed by atoms with E-state index in [9.17, 15) is 9.18 Å². The van der Waals surface area contributed by atoms with Crippen LogP contribution in [-0.2, 0) is 6.61 Å². The number of nitrogens with zero attached hydrogens (tertiary/aromatic N) is 4. The molecular formula is C19H14ClFN6O2. The molecule has 3 heterocycles. The number of rotatable bonds is 5. The predicted octanol–water partition coefficient (Wildman–Crippen LogP) is 2.87. The number of aromatic nitrogens is 4. The fourth-order valence-corrected chi connectivity index (χ4v) is 2.94. The standard InChI is InChI=1S/C19H14ClFN6O2/c20-11-8-14-10(6-12(11)21)7-17(18(22)26-14)29-9-15-16(27-5-1-4-24-27)3-2-13(25-15)19(23)28/h1-8H,9H2,(H2,22,26)(H2,23,28). The molecule has 0 atom stereocenters. The van der Waals surface area contributed by atoms with Crippen LogP contribution in [0.5, 0.6) is 5.75 Å². The van der Waals surface area contributed by atoms with Crippen LogP contribution in [0.3, 0.4) is 0 Å². The van der Waals surface area contributed by atoms with Gasteiger partial charge in [0.1, 0.15) is 23.8 Å². The van der Waals surface area contributed by atoms with E-state index in [0.29, 0.717) is 22.3 Å². The van der Waals surface area contributed by atoms with Crippen molar-refractivity contribution in [1.29, 1.82) is 0 Å². The van der Waals surface area contributed by atoms with Crippen molar-refractivity contribution >= 4 is 34.2 Å². The third-order valence-corrected chi connectivity index (χ3v) is 4.46. The predicted molar refractivity (Wildman–Crippen MR) is 105 cm³/mol. The Morgan fingerprint density at radius 1 is 1.24 bits per heavy atom. The van der Waals surface area contributed by atoms with Crippen LogP contribution in [0.4, 0.5) is 10.2 Å². The molecule has 4 rings (SSSR count).